The fourth-order valence-electron chi connectivity index (χ4n) is 4.62. The molecule has 0 aromatic rings. The largest absolute Gasteiger partial charge is 0.374 e. The van der Waals surface area contributed by atoms with Gasteiger partial charge in [0.1, 0.15) is 6.23 Å². The van der Waals surface area contributed by atoms with Gasteiger partial charge in [-0.15, -0.1) is 0 Å². The van der Waals surface area contributed by atoms with Gasteiger partial charge in [0.2, 0.25) is 5.91 Å². The molecule has 4 atom stereocenters. The molecule has 3 heteroatoms. The summed E-state index contributed by atoms with van der Waals surface area (Å²) in [6.45, 7) is 16.1. The van der Waals surface area contributed by atoms with Crippen LogP contribution in [-0.4, -0.2) is 17.2 Å². The fraction of sp³-hybridized carbons (Fsp3) is 0.941. The van der Waals surface area contributed by atoms with Gasteiger partial charge in [-0.2, -0.15) is 0 Å². The molecule has 2 aliphatic rings. The number of carbonyl (C=O) groups excluding carboxylic acids is 1. The minimum atomic E-state index is -0.659. The van der Waals surface area contributed by atoms with Crippen LogP contribution in [0.3, 0.4) is 0 Å². The third kappa shape index (κ3) is 2.28. The van der Waals surface area contributed by atoms with Gasteiger partial charge in [-0.1, -0.05) is 48.5 Å². The molecule has 3 nitrogen and oxygen atoms in total. The van der Waals surface area contributed by atoms with Gasteiger partial charge >= 0.3 is 0 Å². The summed E-state index contributed by atoms with van der Waals surface area (Å²) >= 11 is 0. The Morgan fingerprint density at radius 3 is 2.15 bits per heavy atom. The third-order valence-electron chi connectivity index (χ3n) is 6.48. The predicted molar refractivity (Wildman–Crippen MR) is 80.9 cm³/mol. The first-order valence-electron chi connectivity index (χ1n) is 7.81. The highest BCUT2D eigenvalue weighted by Crippen LogP contribution is 2.75. The van der Waals surface area contributed by atoms with Crippen molar-refractivity contribution in [3.8, 4) is 0 Å². The van der Waals surface area contributed by atoms with E-state index in [4.69, 9.17) is 0 Å². The van der Waals surface area contributed by atoms with Gasteiger partial charge in [-0.05, 0) is 34.5 Å². The van der Waals surface area contributed by atoms with E-state index in [1.165, 1.54) is 6.42 Å². The number of carbonyl (C=O) groups is 1. The molecule has 0 bridgehead atoms. The van der Waals surface area contributed by atoms with E-state index in [-0.39, 0.29) is 22.7 Å². The highest BCUT2D eigenvalue weighted by molar-refractivity contribution is 5.81. The van der Waals surface area contributed by atoms with Crippen LogP contribution in [0.4, 0.5) is 0 Å². The summed E-state index contributed by atoms with van der Waals surface area (Å²) in [6, 6.07) is 0. The predicted octanol–water partition coefficient (Wildman–Crippen LogP) is 3.32. The molecule has 1 aliphatic heterocycles. The van der Waals surface area contributed by atoms with Crippen LogP contribution in [0.2, 0.25) is 0 Å². The first-order valence-corrected chi connectivity index (χ1v) is 7.81. The van der Waals surface area contributed by atoms with Gasteiger partial charge < -0.3 is 10.4 Å². The van der Waals surface area contributed by atoms with E-state index >= 15 is 0 Å². The molecule has 0 radical (unpaired) electrons. The zero-order chi connectivity index (χ0) is 15.6. The van der Waals surface area contributed by atoms with Crippen LogP contribution >= 0.6 is 0 Å². The highest BCUT2D eigenvalue weighted by atomic mass is 16.3. The smallest absolute Gasteiger partial charge is 0.225 e. The molecule has 1 amide bonds. The Kier molecular flexibility index (Phi) is 3.34. The molecule has 0 spiro atoms. The van der Waals surface area contributed by atoms with Gasteiger partial charge in [-0.3, -0.25) is 4.79 Å². The van der Waals surface area contributed by atoms with Crippen molar-refractivity contribution in [2.24, 2.45) is 27.6 Å². The van der Waals surface area contributed by atoms with Crippen LogP contribution in [0, 0.1) is 27.6 Å². The Balaban J connectivity index is 2.13. The number of aliphatic hydroxyl groups is 1. The molecule has 1 saturated carbocycles. The molecule has 1 saturated heterocycles. The molecule has 1 aliphatic carbocycles. The lowest BCUT2D eigenvalue weighted by Gasteiger charge is -2.38. The van der Waals surface area contributed by atoms with E-state index in [0.29, 0.717) is 17.3 Å². The standard InChI is InChI=1S/C17H31NO2/c1-14(2,3)17(7)10-16(17,6)9-15(4,5)11-8-12(19)18-13(11)20/h11-12,19H,8-10H2,1-7H3,(H,18,20). The van der Waals surface area contributed by atoms with Gasteiger partial charge in [0.05, 0.1) is 0 Å². The molecule has 4 unspecified atom stereocenters. The Bertz CT molecular complexity index is 423. The topological polar surface area (TPSA) is 49.3 Å². The Morgan fingerprint density at radius 1 is 1.25 bits per heavy atom. The molecule has 1 heterocycles. The Morgan fingerprint density at radius 2 is 1.80 bits per heavy atom. The van der Waals surface area contributed by atoms with E-state index in [0.717, 1.165) is 6.42 Å². The number of nitrogens with one attached hydrogen (secondary N) is 1. The monoisotopic (exact) mass is 281 g/mol. The van der Waals surface area contributed by atoms with Crippen LogP contribution in [-0.2, 0) is 4.79 Å². The Labute approximate surface area is 123 Å². The lowest BCUT2D eigenvalue weighted by atomic mass is 9.66. The maximum atomic E-state index is 12.0. The lowest BCUT2D eigenvalue weighted by molar-refractivity contribution is -0.126. The van der Waals surface area contributed by atoms with Crippen LogP contribution in [0.1, 0.15) is 67.7 Å². The van der Waals surface area contributed by atoms with Crippen molar-refractivity contribution in [1.29, 1.82) is 0 Å². The van der Waals surface area contributed by atoms with E-state index in [2.05, 4.69) is 53.8 Å². The summed E-state index contributed by atoms with van der Waals surface area (Å²) < 4.78 is 0. The number of amides is 1. The molecule has 0 aromatic carbocycles. The minimum Gasteiger partial charge on any atom is -0.374 e. The molecule has 2 N–H and O–H groups in total. The molecule has 0 aromatic heterocycles. The van der Waals surface area contributed by atoms with E-state index in [1.54, 1.807) is 0 Å². The van der Waals surface area contributed by atoms with Crippen molar-refractivity contribution >= 4 is 5.91 Å². The van der Waals surface area contributed by atoms with Crippen molar-refractivity contribution in [2.75, 3.05) is 0 Å². The van der Waals surface area contributed by atoms with Crippen molar-refractivity contribution < 1.29 is 9.90 Å². The summed E-state index contributed by atoms with van der Waals surface area (Å²) in [7, 11) is 0. The van der Waals surface area contributed by atoms with Crippen LogP contribution in [0.25, 0.3) is 0 Å². The minimum absolute atomic E-state index is 0.0178. The van der Waals surface area contributed by atoms with Crippen molar-refractivity contribution in [3.63, 3.8) is 0 Å². The molecule has 2 fully saturated rings. The third-order valence-corrected chi connectivity index (χ3v) is 6.48. The van der Waals surface area contributed by atoms with Crippen molar-refractivity contribution in [2.45, 2.75) is 74.0 Å². The second-order valence-corrected chi connectivity index (χ2v) is 9.30. The first kappa shape index (κ1) is 15.8. The maximum absolute atomic E-state index is 12.0. The first-order chi connectivity index (χ1) is 8.82. The molecular formula is C17H31NO2. The van der Waals surface area contributed by atoms with Crippen LogP contribution < -0.4 is 5.32 Å². The van der Waals surface area contributed by atoms with Gasteiger partial charge in [0.25, 0.3) is 0 Å². The summed E-state index contributed by atoms with van der Waals surface area (Å²) in [5.74, 6) is -0.0524. The van der Waals surface area contributed by atoms with Gasteiger partial charge in [0.15, 0.2) is 0 Å². The van der Waals surface area contributed by atoms with Crippen molar-refractivity contribution in [3.05, 3.63) is 0 Å². The number of hydrogen-bond acceptors (Lipinski definition) is 2. The highest BCUT2D eigenvalue weighted by Gasteiger charge is 2.67. The van der Waals surface area contributed by atoms with E-state index < -0.39 is 6.23 Å². The van der Waals surface area contributed by atoms with Gasteiger partial charge in [0, 0.05) is 12.3 Å². The average molecular weight is 281 g/mol. The summed E-state index contributed by atoms with van der Waals surface area (Å²) in [4.78, 5) is 12.0. The average Bonchev–Trinajstić information content (AvgIpc) is 2.60. The number of aliphatic hydroxyl groups excluding tert-OH is 1. The summed E-state index contributed by atoms with van der Waals surface area (Å²) in [5, 5.41) is 12.3. The fourth-order valence-corrected chi connectivity index (χ4v) is 4.62. The second-order valence-electron chi connectivity index (χ2n) is 9.30. The maximum Gasteiger partial charge on any atom is 0.225 e. The summed E-state index contributed by atoms with van der Waals surface area (Å²) in [5.41, 5.74) is 0.849. The molecule has 20 heavy (non-hydrogen) atoms. The SMILES string of the molecule is CC(C)(CC1(C)CC1(C)C(C)(C)C)C1CC(O)NC1=O. The quantitative estimate of drug-likeness (QED) is 0.833. The summed E-state index contributed by atoms with van der Waals surface area (Å²) in [6.07, 6.45) is 2.16. The van der Waals surface area contributed by atoms with Crippen LogP contribution in [0.15, 0.2) is 0 Å². The zero-order valence-corrected chi connectivity index (χ0v) is 14.1. The van der Waals surface area contributed by atoms with Gasteiger partial charge in [-0.25, -0.2) is 0 Å². The molecular weight excluding hydrogens is 250 g/mol. The van der Waals surface area contributed by atoms with Crippen LogP contribution in [0.5, 0.6) is 0 Å². The van der Waals surface area contributed by atoms with E-state index in [1.807, 2.05) is 0 Å². The normalized spacial score (nSPS) is 41.7. The molecule has 2 rings (SSSR count). The van der Waals surface area contributed by atoms with E-state index in [9.17, 15) is 9.90 Å². The second kappa shape index (κ2) is 4.22. The Hall–Kier alpha value is -0.570. The number of rotatable bonds is 3. The number of hydrogen-bond donors (Lipinski definition) is 2. The molecule has 116 valence electrons. The lowest BCUT2D eigenvalue weighted by Crippen LogP contribution is -2.35. The van der Waals surface area contributed by atoms with Crippen molar-refractivity contribution in [1.82, 2.24) is 5.32 Å². The zero-order valence-electron chi connectivity index (χ0n) is 14.1.